The molecule has 94 valence electrons. The molecule has 0 aliphatic carbocycles. The first-order chi connectivity index (χ1) is 8.19. The molecule has 0 bridgehead atoms. The van der Waals surface area contributed by atoms with E-state index in [0.717, 1.165) is 18.8 Å². The fourth-order valence-electron chi connectivity index (χ4n) is 2.39. The number of hydrogen-bond acceptors (Lipinski definition) is 4. The van der Waals surface area contributed by atoms with Crippen molar-refractivity contribution in [1.82, 2.24) is 9.88 Å². The zero-order valence-corrected chi connectivity index (χ0v) is 11.4. The Balaban J connectivity index is 2.01. The zero-order valence-electron chi connectivity index (χ0n) is 10.6. The Morgan fingerprint density at radius 2 is 2.47 bits per heavy atom. The Bertz CT molecular complexity index is 389. The molecule has 3 nitrogen and oxygen atoms in total. The second kappa shape index (κ2) is 5.74. The lowest BCUT2D eigenvalue weighted by molar-refractivity contribution is -0.116. The Hall–Kier alpha value is -0.740. The Kier molecular flexibility index (Phi) is 4.29. The van der Waals surface area contributed by atoms with E-state index in [0.29, 0.717) is 12.3 Å². The maximum atomic E-state index is 11.1. The SMILES string of the molecule is CCN1CCCC(c2nc(CC(C)=O)cs2)C1. The summed E-state index contributed by atoms with van der Waals surface area (Å²) in [5.41, 5.74) is 0.950. The molecule has 0 radical (unpaired) electrons. The van der Waals surface area contributed by atoms with Crippen molar-refractivity contribution in [2.75, 3.05) is 19.6 Å². The maximum absolute atomic E-state index is 11.1. The van der Waals surface area contributed by atoms with Crippen molar-refractivity contribution in [1.29, 1.82) is 0 Å². The van der Waals surface area contributed by atoms with Crippen molar-refractivity contribution in [2.45, 2.75) is 39.0 Å². The number of aromatic nitrogens is 1. The molecular formula is C13H20N2OS. The Morgan fingerprint density at radius 3 is 3.18 bits per heavy atom. The first-order valence-corrected chi connectivity index (χ1v) is 7.23. The molecule has 0 aromatic carbocycles. The van der Waals surface area contributed by atoms with E-state index in [2.05, 4.69) is 16.8 Å². The summed E-state index contributed by atoms with van der Waals surface area (Å²) < 4.78 is 0. The molecule has 1 aromatic heterocycles. The minimum atomic E-state index is 0.195. The maximum Gasteiger partial charge on any atom is 0.135 e. The van der Waals surface area contributed by atoms with Gasteiger partial charge in [-0.25, -0.2) is 4.98 Å². The van der Waals surface area contributed by atoms with Gasteiger partial charge < -0.3 is 4.90 Å². The number of thiazole rings is 1. The van der Waals surface area contributed by atoms with Crippen LogP contribution in [0.4, 0.5) is 0 Å². The molecule has 1 aliphatic rings. The number of carbonyl (C=O) groups is 1. The average Bonchev–Trinajstić information content (AvgIpc) is 2.77. The highest BCUT2D eigenvalue weighted by molar-refractivity contribution is 7.09. The van der Waals surface area contributed by atoms with Crippen molar-refractivity contribution in [3.63, 3.8) is 0 Å². The third-order valence-corrected chi connectivity index (χ3v) is 4.36. The zero-order chi connectivity index (χ0) is 12.3. The van der Waals surface area contributed by atoms with Crippen LogP contribution in [0.1, 0.15) is 43.3 Å². The summed E-state index contributed by atoms with van der Waals surface area (Å²) in [6.07, 6.45) is 2.99. The van der Waals surface area contributed by atoms with Gasteiger partial charge in [0.1, 0.15) is 5.78 Å². The van der Waals surface area contributed by atoms with Crippen molar-refractivity contribution in [3.05, 3.63) is 16.1 Å². The van der Waals surface area contributed by atoms with Gasteiger partial charge in [-0.05, 0) is 32.9 Å². The highest BCUT2D eigenvalue weighted by Gasteiger charge is 2.22. The predicted molar refractivity (Wildman–Crippen MR) is 70.6 cm³/mol. The van der Waals surface area contributed by atoms with Gasteiger partial charge in [-0.3, -0.25) is 4.79 Å². The third-order valence-electron chi connectivity index (χ3n) is 3.30. The molecule has 1 saturated heterocycles. The van der Waals surface area contributed by atoms with Crippen LogP contribution in [0.5, 0.6) is 0 Å². The van der Waals surface area contributed by atoms with E-state index in [1.165, 1.54) is 24.4 Å². The summed E-state index contributed by atoms with van der Waals surface area (Å²) in [4.78, 5) is 18.2. The molecule has 1 aromatic rings. The predicted octanol–water partition coefficient (Wildman–Crippen LogP) is 2.47. The lowest BCUT2D eigenvalue weighted by atomic mass is 9.99. The number of piperidine rings is 1. The minimum absolute atomic E-state index is 0.195. The van der Waals surface area contributed by atoms with Gasteiger partial charge >= 0.3 is 0 Å². The lowest BCUT2D eigenvalue weighted by Crippen LogP contribution is -2.34. The quantitative estimate of drug-likeness (QED) is 0.825. The summed E-state index contributed by atoms with van der Waals surface area (Å²) in [7, 11) is 0. The normalized spacial score (nSPS) is 21.6. The molecule has 1 aliphatic heterocycles. The standard InChI is InChI=1S/C13H20N2OS/c1-3-15-6-4-5-11(8-15)13-14-12(9-17-13)7-10(2)16/h9,11H,3-8H2,1-2H3. The van der Waals surface area contributed by atoms with E-state index in [1.54, 1.807) is 18.3 Å². The van der Waals surface area contributed by atoms with Crippen LogP contribution in [0.3, 0.4) is 0 Å². The molecule has 4 heteroatoms. The van der Waals surface area contributed by atoms with Crippen LogP contribution in [0.25, 0.3) is 0 Å². The van der Waals surface area contributed by atoms with Crippen LogP contribution in [0.15, 0.2) is 5.38 Å². The smallest absolute Gasteiger partial charge is 0.135 e. The van der Waals surface area contributed by atoms with Crippen LogP contribution in [0.2, 0.25) is 0 Å². The molecule has 1 unspecified atom stereocenters. The summed E-state index contributed by atoms with van der Waals surface area (Å²) in [6.45, 7) is 7.31. The largest absolute Gasteiger partial charge is 0.303 e. The number of ketones is 1. The van der Waals surface area contributed by atoms with Gasteiger partial charge in [-0.2, -0.15) is 0 Å². The second-order valence-electron chi connectivity index (χ2n) is 4.79. The fourth-order valence-corrected chi connectivity index (χ4v) is 3.34. The van der Waals surface area contributed by atoms with Crippen LogP contribution in [0, 0.1) is 0 Å². The van der Waals surface area contributed by atoms with Gasteiger partial charge in [0.2, 0.25) is 0 Å². The van der Waals surface area contributed by atoms with Gasteiger partial charge in [-0.1, -0.05) is 6.92 Å². The van der Waals surface area contributed by atoms with Gasteiger partial charge in [0.15, 0.2) is 0 Å². The number of nitrogens with zero attached hydrogens (tertiary/aromatic N) is 2. The minimum Gasteiger partial charge on any atom is -0.303 e. The molecule has 0 spiro atoms. The lowest BCUT2D eigenvalue weighted by Gasteiger charge is -2.30. The number of carbonyl (C=O) groups excluding carboxylic acids is 1. The van der Waals surface area contributed by atoms with Crippen LogP contribution in [-0.2, 0) is 11.2 Å². The number of rotatable bonds is 4. The molecular weight excluding hydrogens is 232 g/mol. The molecule has 17 heavy (non-hydrogen) atoms. The van der Waals surface area contributed by atoms with Crippen molar-refractivity contribution >= 4 is 17.1 Å². The van der Waals surface area contributed by atoms with Crippen LogP contribution >= 0.6 is 11.3 Å². The molecule has 1 atom stereocenters. The number of Topliss-reactive ketones (excluding diaryl/α,β-unsaturated/α-hetero) is 1. The van der Waals surface area contributed by atoms with E-state index < -0.39 is 0 Å². The van der Waals surface area contributed by atoms with E-state index in [1.807, 2.05) is 5.38 Å². The van der Waals surface area contributed by atoms with Crippen molar-refractivity contribution < 1.29 is 4.79 Å². The summed E-state index contributed by atoms with van der Waals surface area (Å²) in [5, 5.41) is 3.26. The van der Waals surface area contributed by atoms with E-state index in [9.17, 15) is 4.79 Å². The molecule has 2 heterocycles. The number of likely N-dealkylation sites (N-methyl/N-ethyl adjacent to an activating group) is 1. The summed E-state index contributed by atoms with van der Waals surface area (Å²) in [6, 6.07) is 0. The van der Waals surface area contributed by atoms with E-state index in [-0.39, 0.29) is 5.78 Å². The first kappa shape index (κ1) is 12.7. The van der Waals surface area contributed by atoms with Gasteiger partial charge in [0.25, 0.3) is 0 Å². The fraction of sp³-hybridized carbons (Fsp3) is 0.692. The van der Waals surface area contributed by atoms with E-state index in [4.69, 9.17) is 0 Å². The van der Waals surface area contributed by atoms with Crippen molar-refractivity contribution in [3.8, 4) is 0 Å². The highest BCUT2D eigenvalue weighted by Crippen LogP contribution is 2.29. The number of likely N-dealkylation sites (tertiary alicyclic amines) is 1. The summed E-state index contributed by atoms with van der Waals surface area (Å²) >= 11 is 1.72. The Morgan fingerprint density at radius 1 is 1.65 bits per heavy atom. The Labute approximate surface area is 107 Å². The van der Waals surface area contributed by atoms with Gasteiger partial charge in [-0.15, -0.1) is 11.3 Å². The molecule has 2 rings (SSSR count). The monoisotopic (exact) mass is 252 g/mol. The summed E-state index contributed by atoms with van der Waals surface area (Å²) in [5.74, 6) is 0.773. The van der Waals surface area contributed by atoms with E-state index >= 15 is 0 Å². The number of hydrogen-bond donors (Lipinski definition) is 0. The second-order valence-corrected chi connectivity index (χ2v) is 5.68. The van der Waals surface area contributed by atoms with Crippen LogP contribution < -0.4 is 0 Å². The highest BCUT2D eigenvalue weighted by atomic mass is 32.1. The van der Waals surface area contributed by atoms with Crippen molar-refractivity contribution in [2.24, 2.45) is 0 Å². The third kappa shape index (κ3) is 3.36. The van der Waals surface area contributed by atoms with Crippen LogP contribution in [-0.4, -0.2) is 35.3 Å². The molecule has 1 fully saturated rings. The van der Waals surface area contributed by atoms with Gasteiger partial charge in [0, 0.05) is 24.3 Å². The van der Waals surface area contributed by atoms with Gasteiger partial charge in [0.05, 0.1) is 10.7 Å². The molecule has 0 amide bonds. The first-order valence-electron chi connectivity index (χ1n) is 6.35. The average molecular weight is 252 g/mol. The topological polar surface area (TPSA) is 33.2 Å². The molecule has 0 N–H and O–H groups in total. The molecule has 0 saturated carbocycles.